The molecule has 1 saturated carbocycles. The van der Waals surface area contributed by atoms with Crippen molar-refractivity contribution in [2.24, 2.45) is 0 Å². The smallest absolute Gasteiger partial charge is 0.328 e. The number of para-hydroxylation sites is 1. The molecule has 202 valence electrons. The number of phenolic OH excluding ortho intramolecular Hbond substituents is 1. The summed E-state index contributed by atoms with van der Waals surface area (Å²) < 4.78 is 10.7. The number of thioether (sulfide) groups is 1. The van der Waals surface area contributed by atoms with Crippen LogP contribution in [0.15, 0.2) is 34.7 Å². The van der Waals surface area contributed by atoms with Gasteiger partial charge in [-0.2, -0.15) is 11.8 Å². The molecule has 2 aliphatic heterocycles. The molecule has 4 unspecified atom stereocenters. The Hall–Kier alpha value is -3.31. The fourth-order valence-electron chi connectivity index (χ4n) is 5.43. The molecule has 0 spiro atoms. The van der Waals surface area contributed by atoms with Crippen LogP contribution < -0.4 is 10.6 Å². The number of hydrogen-bond donors (Lipinski definition) is 3. The van der Waals surface area contributed by atoms with Crippen LogP contribution in [0.2, 0.25) is 0 Å². The molecule has 0 radical (unpaired) electrons. The van der Waals surface area contributed by atoms with Gasteiger partial charge in [-0.25, -0.2) is 4.79 Å². The minimum atomic E-state index is -0.918. The number of ether oxygens (including phenoxy) is 1. The summed E-state index contributed by atoms with van der Waals surface area (Å²) in [7, 11) is 1.27. The van der Waals surface area contributed by atoms with Crippen molar-refractivity contribution >= 4 is 40.9 Å². The molecular formula is C27H31N3O7S. The van der Waals surface area contributed by atoms with Crippen molar-refractivity contribution in [3.8, 4) is 5.75 Å². The minimum Gasteiger partial charge on any atom is -0.505 e. The molecule has 11 heteroatoms. The first kappa shape index (κ1) is 26.3. The Labute approximate surface area is 224 Å². The van der Waals surface area contributed by atoms with Crippen LogP contribution in [-0.4, -0.2) is 76.2 Å². The number of amides is 1. The maximum Gasteiger partial charge on any atom is 0.328 e. The van der Waals surface area contributed by atoms with E-state index in [2.05, 4.69) is 10.6 Å². The van der Waals surface area contributed by atoms with Crippen LogP contribution in [0.5, 0.6) is 5.75 Å². The fourth-order valence-corrected chi connectivity index (χ4v) is 6.81. The van der Waals surface area contributed by atoms with Crippen molar-refractivity contribution in [3.05, 3.63) is 47.4 Å². The number of aromatic hydroxyl groups is 1. The monoisotopic (exact) mass is 541 g/mol. The van der Waals surface area contributed by atoms with Crippen molar-refractivity contribution in [2.75, 3.05) is 24.7 Å². The number of hydrogen-bond acceptors (Lipinski definition) is 10. The Balaban J connectivity index is 1.35. The third-order valence-corrected chi connectivity index (χ3v) is 8.93. The zero-order valence-corrected chi connectivity index (χ0v) is 22.1. The van der Waals surface area contributed by atoms with Crippen LogP contribution >= 0.6 is 11.8 Å². The molecule has 1 aliphatic carbocycles. The Bertz CT molecular complexity index is 1260. The average molecular weight is 542 g/mol. The van der Waals surface area contributed by atoms with Crippen molar-refractivity contribution in [3.63, 3.8) is 0 Å². The highest BCUT2D eigenvalue weighted by atomic mass is 32.2. The first-order valence-corrected chi connectivity index (χ1v) is 13.8. The fraction of sp³-hybridized carbons (Fsp3) is 0.481. The number of methoxy groups -OCH3 is 1. The van der Waals surface area contributed by atoms with Crippen molar-refractivity contribution in [1.82, 2.24) is 10.2 Å². The van der Waals surface area contributed by atoms with Crippen LogP contribution in [-0.2, 0) is 19.1 Å². The Morgan fingerprint density at radius 3 is 2.61 bits per heavy atom. The van der Waals surface area contributed by atoms with Crippen molar-refractivity contribution in [1.29, 1.82) is 0 Å². The molecule has 1 aromatic heterocycles. The maximum absolute atomic E-state index is 13.2. The predicted octanol–water partition coefficient (Wildman–Crippen LogP) is 2.60. The second-order valence-corrected chi connectivity index (χ2v) is 11.2. The normalized spacial score (nSPS) is 25.8. The summed E-state index contributed by atoms with van der Waals surface area (Å²) in [5.41, 5.74) is 0.155. The van der Waals surface area contributed by atoms with Gasteiger partial charge in [-0.1, -0.05) is 6.07 Å². The quantitative estimate of drug-likeness (QED) is 0.260. The number of rotatable bonds is 8. The lowest BCUT2D eigenvalue weighted by molar-refractivity contribution is -0.145. The van der Waals surface area contributed by atoms with E-state index in [4.69, 9.17) is 9.15 Å². The molecular weight excluding hydrogens is 510 g/mol. The molecule has 0 bridgehead atoms. The van der Waals surface area contributed by atoms with Crippen molar-refractivity contribution < 1.29 is 33.4 Å². The number of ketones is 2. The van der Waals surface area contributed by atoms with Crippen LogP contribution in [0.1, 0.15) is 53.6 Å². The van der Waals surface area contributed by atoms with Gasteiger partial charge in [0.15, 0.2) is 5.75 Å². The topological polar surface area (TPSA) is 138 Å². The SMILES string of the molecule is COC(=O)[C@H]1CCCN1C(=O)c1cccc(NC2C(=O)C(=O)C2NC(c2ccc(C)o2)C2CCCS2)c1O. The molecule has 3 heterocycles. The van der Waals surface area contributed by atoms with Crippen molar-refractivity contribution in [2.45, 2.75) is 62.0 Å². The summed E-state index contributed by atoms with van der Waals surface area (Å²) in [4.78, 5) is 52.0. The third-order valence-electron chi connectivity index (χ3n) is 7.47. The van der Waals surface area contributed by atoms with Gasteiger partial charge in [0.25, 0.3) is 5.91 Å². The summed E-state index contributed by atoms with van der Waals surface area (Å²) in [5, 5.41) is 17.5. The van der Waals surface area contributed by atoms with Crippen LogP contribution in [0.25, 0.3) is 0 Å². The van der Waals surface area contributed by atoms with E-state index in [1.807, 2.05) is 30.8 Å². The molecule has 5 atom stereocenters. The number of phenols is 1. The number of esters is 1. The zero-order valence-electron chi connectivity index (χ0n) is 21.3. The van der Waals surface area contributed by atoms with Gasteiger partial charge in [0, 0.05) is 11.8 Å². The molecule has 2 aromatic rings. The Morgan fingerprint density at radius 2 is 1.92 bits per heavy atom. The summed E-state index contributed by atoms with van der Waals surface area (Å²) in [6.45, 7) is 2.22. The van der Waals surface area contributed by atoms with E-state index in [0.29, 0.717) is 25.1 Å². The van der Waals surface area contributed by atoms with Crippen LogP contribution in [0, 0.1) is 6.92 Å². The number of aryl methyl sites for hydroxylation is 1. The number of likely N-dealkylation sites (tertiary alicyclic amines) is 1. The Morgan fingerprint density at radius 1 is 1.13 bits per heavy atom. The summed E-state index contributed by atoms with van der Waals surface area (Å²) >= 11 is 1.81. The predicted molar refractivity (Wildman–Crippen MR) is 140 cm³/mol. The van der Waals surface area contributed by atoms with E-state index in [1.54, 1.807) is 12.1 Å². The number of furan rings is 1. The summed E-state index contributed by atoms with van der Waals surface area (Å²) in [6, 6.07) is 5.65. The zero-order chi connectivity index (χ0) is 27.0. The van der Waals surface area contributed by atoms with Gasteiger partial charge in [-0.3, -0.25) is 19.7 Å². The van der Waals surface area contributed by atoms with E-state index in [0.717, 1.165) is 24.4 Å². The highest BCUT2D eigenvalue weighted by molar-refractivity contribution is 8.00. The number of anilines is 1. The van der Waals surface area contributed by atoms with E-state index >= 15 is 0 Å². The van der Waals surface area contributed by atoms with Crippen LogP contribution in [0.3, 0.4) is 0 Å². The Kier molecular flexibility index (Phi) is 7.49. The van der Waals surface area contributed by atoms with E-state index in [-0.39, 0.29) is 28.3 Å². The van der Waals surface area contributed by atoms with Gasteiger partial charge in [-0.15, -0.1) is 0 Å². The van der Waals surface area contributed by atoms with Gasteiger partial charge >= 0.3 is 5.97 Å². The van der Waals surface area contributed by atoms with E-state index < -0.39 is 41.6 Å². The standard InChI is InChI=1S/C27H31N3O7S/c1-14-10-11-18(37-14)20(19-9-5-13-38-19)29-22-21(24(32)25(22)33)28-16-7-3-6-15(23(16)31)26(34)30-12-4-8-17(30)27(35)36-2/h3,6-7,10-11,17,19-22,28-29,31H,4-5,8-9,12-13H2,1-2H3/t17-,19?,20?,21?,22?/m1/s1. The van der Waals surface area contributed by atoms with E-state index in [1.165, 1.54) is 18.1 Å². The lowest BCUT2D eigenvalue weighted by atomic mass is 9.81. The van der Waals surface area contributed by atoms with Crippen LogP contribution in [0.4, 0.5) is 5.69 Å². The van der Waals surface area contributed by atoms with Gasteiger partial charge in [0.1, 0.15) is 29.6 Å². The number of nitrogens with one attached hydrogen (secondary N) is 2. The molecule has 3 fully saturated rings. The van der Waals surface area contributed by atoms with Gasteiger partial charge < -0.3 is 24.5 Å². The number of Topliss-reactive ketones (excluding diaryl/α,β-unsaturated/α-hetero) is 2. The second-order valence-electron chi connectivity index (χ2n) is 9.85. The maximum atomic E-state index is 13.2. The molecule has 5 rings (SSSR count). The lowest BCUT2D eigenvalue weighted by Gasteiger charge is -2.38. The summed E-state index contributed by atoms with van der Waals surface area (Å²) in [5.74, 6) is 0.0115. The molecule has 38 heavy (non-hydrogen) atoms. The largest absolute Gasteiger partial charge is 0.505 e. The molecule has 2 saturated heterocycles. The van der Waals surface area contributed by atoms with Gasteiger partial charge in [-0.05, 0) is 62.6 Å². The first-order chi connectivity index (χ1) is 18.3. The molecule has 3 N–H and O–H groups in total. The minimum absolute atomic E-state index is 0.000274. The number of nitrogens with zero attached hydrogens (tertiary/aromatic N) is 1. The molecule has 10 nitrogen and oxygen atoms in total. The highest BCUT2D eigenvalue weighted by Gasteiger charge is 2.51. The second kappa shape index (κ2) is 10.8. The van der Waals surface area contributed by atoms with Gasteiger partial charge in [0.2, 0.25) is 11.6 Å². The first-order valence-electron chi connectivity index (χ1n) is 12.8. The molecule has 1 aromatic carbocycles. The lowest BCUT2D eigenvalue weighted by Crippen LogP contribution is -2.68. The molecule has 1 amide bonds. The average Bonchev–Trinajstić information content (AvgIpc) is 3.70. The number of benzene rings is 1. The highest BCUT2D eigenvalue weighted by Crippen LogP contribution is 2.38. The molecule has 3 aliphatic rings. The van der Waals surface area contributed by atoms with Gasteiger partial charge in [0.05, 0.1) is 24.4 Å². The third kappa shape index (κ3) is 4.80. The van der Waals surface area contributed by atoms with E-state index in [9.17, 15) is 24.3 Å². The number of carbonyl (C=O) groups excluding carboxylic acids is 4. The summed E-state index contributed by atoms with van der Waals surface area (Å²) in [6.07, 6.45) is 3.16. The number of carbonyl (C=O) groups is 4.